The predicted octanol–water partition coefficient (Wildman–Crippen LogP) is 2.52. The van der Waals surface area contributed by atoms with Crippen LogP contribution in [-0.2, 0) is 16.1 Å². The van der Waals surface area contributed by atoms with Crippen LogP contribution in [0.1, 0.15) is 16.5 Å². The molecular weight excluding hydrogens is 236 g/mol. The first-order chi connectivity index (χ1) is 8.27. The van der Waals surface area contributed by atoms with Gasteiger partial charge in [0.2, 0.25) is 0 Å². The van der Waals surface area contributed by atoms with Gasteiger partial charge in [-0.05, 0) is 17.0 Å². The van der Waals surface area contributed by atoms with E-state index in [1.165, 1.54) is 11.3 Å². The van der Waals surface area contributed by atoms with Gasteiger partial charge in [0.15, 0.2) is 6.10 Å². The second-order valence-corrected chi connectivity index (χ2v) is 4.49. The van der Waals surface area contributed by atoms with Crippen molar-refractivity contribution in [2.75, 3.05) is 0 Å². The lowest BCUT2D eigenvalue weighted by Crippen LogP contribution is -2.14. The Bertz CT molecular complexity index is 465. The summed E-state index contributed by atoms with van der Waals surface area (Å²) in [6.45, 7) is 0.183. The molecule has 0 amide bonds. The summed E-state index contributed by atoms with van der Waals surface area (Å²) in [6.07, 6.45) is -1.18. The van der Waals surface area contributed by atoms with E-state index in [4.69, 9.17) is 4.74 Å². The molecule has 2 rings (SSSR count). The molecule has 1 atom stereocenters. The van der Waals surface area contributed by atoms with Crippen LogP contribution < -0.4 is 0 Å². The monoisotopic (exact) mass is 248 g/mol. The van der Waals surface area contributed by atoms with Crippen LogP contribution in [0, 0.1) is 0 Å². The van der Waals surface area contributed by atoms with Crippen molar-refractivity contribution in [2.24, 2.45) is 0 Å². The van der Waals surface area contributed by atoms with Crippen molar-refractivity contribution < 1.29 is 14.6 Å². The molecule has 1 heterocycles. The minimum atomic E-state index is -1.18. The Hall–Kier alpha value is -1.65. The molecule has 0 aliphatic heterocycles. The summed E-state index contributed by atoms with van der Waals surface area (Å²) in [5.74, 6) is -0.615. The predicted molar refractivity (Wildman–Crippen MR) is 65.5 cm³/mol. The Morgan fingerprint density at radius 2 is 2.00 bits per heavy atom. The van der Waals surface area contributed by atoms with Crippen molar-refractivity contribution in [3.8, 4) is 0 Å². The highest BCUT2D eigenvalue weighted by Crippen LogP contribution is 2.20. The fourth-order valence-corrected chi connectivity index (χ4v) is 2.07. The Morgan fingerprint density at radius 3 is 2.65 bits per heavy atom. The van der Waals surface area contributed by atoms with E-state index in [0.29, 0.717) is 4.88 Å². The van der Waals surface area contributed by atoms with Crippen LogP contribution in [0.5, 0.6) is 0 Å². The number of carbonyl (C=O) groups excluding carboxylic acids is 1. The van der Waals surface area contributed by atoms with Crippen molar-refractivity contribution in [3.63, 3.8) is 0 Å². The third kappa shape index (κ3) is 3.15. The topological polar surface area (TPSA) is 46.5 Å². The maximum Gasteiger partial charge on any atom is 0.340 e. The fraction of sp³-hybridized carbons (Fsp3) is 0.154. The molecule has 0 radical (unpaired) electrons. The smallest absolute Gasteiger partial charge is 0.340 e. The number of hydrogen-bond donors (Lipinski definition) is 1. The van der Waals surface area contributed by atoms with Crippen molar-refractivity contribution in [3.05, 3.63) is 58.3 Å². The van der Waals surface area contributed by atoms with Crippen molar-refractivity contribution >= 4 is 17.3 Å². The van der Waals surface area contributed by atoms with Gasteiger partial charge >= 0.3 is 5.97 Å². The van der Waals surface area contributed by atoms with E-state index in [0.717, 1.165) is 5.56 Å². The highest BCUT2D eigenvalue weighted by molar-refractivity contribution is 7.10. The summed E-state index contributed by atoms with van der Waals surface area (Å²) in [7, 11) is 0. The molecule has 88 valence electrons. The Morgan fingerprint density at radius 1 is 1.24 bits per heavy atom. The van der Waals surface area contributed by atoms with Gasteiger partial charge in [0.25, 0.3) is 0 Å². The number of benzene rings is 1. The maximum absolute atomic E-state index is 11.5. The first-order valence-electron chi connectivity index (χ1n) is 5.19. The molecule has 0 aliphatic rings. The lowest BCUT2D eigenvalue weighted by Gasteiger charge is -2.08. The van der Waals surface area contributed by atoms with E-state index in [1.807, 2.05) is 35.7 Å². The molecule has 1 aromatic carbocycles. The molecule has 2 aromatic rings. The summed E-state index contributed by atoms with van der Waals surface area (Å²) in [4.78, 5) is 12.1. The number of esters is 1. The van der Waals surface area contributed by atoms with Gasteiger partial charge in [0, 0.05) is 4.88 Å². The second kappa shape index (κ2) is 5.61. The van der Waals surface area contributed by atoms with E-state index in [9.17, 15) is 9.90 Å². The van der Waals surface area contributed by atoms with Crippen LogP contribution in [0.2, 0.25) is 0 Å². The fourth-order valence-electron chi connectivity index (χ4n) is 1.37. The van der Waals surface area contributed by atoms with Crippen molar-refractivity contribution in [1.29, 1.82) is 0 Å². The summed E-state index contributed by atoms with van der Waals surface area (Å²) in [5, 5.41) is 11.5. The molecule has 0 saturated carbocycles. The molecule has 4 heteroatoms. The average molecular weight is 248 g/mol. The van der Waals surface area contributed by atoms with E-state index in [1.54, 1.807) is 12.1 Å². The van der Waals surface area contributed by atoms with Crippen LogP contribution in [0.15, 0.2) is 47.8 Å². The number of thiophene rings is 1. The van der Waals surface area contributed by atoms with E-state index < -0.39 is 12.1 Å². The quantitative estimate of drug-likeness (QED) is 0.846. The molecular formula is C13H12O3S. The number of hydrogen-bond acceptors (Lipinski definition) is 4. The second-order valence-electron chi connectivity index (χ2n) is 3.51. The number of carbonyl (C=O) groups is 1. The molecule has 0 bridgehead atoms. The van der Waals surface area contributed by atoms with Crippen molar-refractivity contribution in [2.45, 2.75) is 12.7 Å². The molecule has 17 heavy (non-hydrogen) atoms. The number of rotatable bonds is 4. The molecule has 0 spiro atoms. The Kier molecular flexibility index (Phi) is 3.90. The highest BCUT2D eigenvalue weighted by Gasteiger charge is 2.19. The molecule has 1 aromatic heterocycles. The average Bonchev–Trinajstić information content (AvgIpc) is 2.90. The van der Waals surface area contributed by atoms with Gasteiger partial charge in [-0.3, -0.25) is 0 Å². The van der Waals surface area contributed by atoms with Gasteiger partial charge in [-0.15, -0.1) is 11.3 Å². The number of ether oxygens (including phenoxy) is 1. The lowest BCUT2D eigenvalue weighted by molar-refractivity contribution is -0.155. The minimum Gasteiger partial charge on any atom is -0.459 e. The van der Waals surface area contributed by atoms with Gasteiger partial charge in [-0.1, -0.05) is 36.4 Å². The summed E-state index contributed by atoms with van der Waals surface area (Å²) < 4.78 is 5.03. The van der Waals surface area contributed by atoms with Crippen LogP contribution in [0.3, 0.4) is 0 Å². The van der Waals surface area contributed by atoms with Crippen molar-refractivity contribution in [1.82, 2.24) is 0 Å². The number of aliphatic hydroxyl groups is 1. The molecule has 0 fully saturated rings. The maximum atomic E-state index is 11.5. The molecule has 0 unspecified atom stereocenters. The third-order valence-corrected chi connectivity index (χ3v) is 3.18. The third-order valence-electron chi connectivity index (χ3n) is 2.26. The Balaban J connectivity index is 1.90. The lowest BCUT2D eigenvalue weighted by atomic mass is 10.2. The highest BCUT2D eigenvalue weighted by atomic mass is 32.1. The summed E-state index contributed by atoms with van der Waals surface area (Å²) in [5.41, 5.74) is 0.902. The first-order valence-corrected chi connectivity index (χ1v) is 6.07. The van der Waals surface area contributed by atoms with E-state index in [2.05, 4.69) is 0 Å². The minimum absolute atomic E-state index is 0.183. The first kappa shape index (κ1) is 11.8. The van der Waals surface area contributed by atoms with Gasteiger partial charge in [0.1, 0.15) is 6.61 Å². The zero-order valence-electron chi connectivity index (χ0n) is 9.08. The molecule has 0 aliphatic carbocycles. The SMILES string of the molecule is O=C(OCc1ccccc1)[C@H](O)c1cccs1. The van der Waals surface area contributed by atoms with E-state index in [-0.39, 0.29) is 6.61 Å². The van der Waals surface area contributed by atoms with Gasteiger partial charge < -0.3 is 9.84 Å². The van der Waals surface area contributed by atoms with Crippen LogP contribution in [-0.4, -0.2) is 11.1 Å². The van der Waals surface area contributed by atoms with Crippen LogP contribution in [0.25, 0.3) is 0 Å². The molecule has 0 saturated heterocycles. The molecule has 1 N–H and O–H groups in total. The van der Waals surface area contributed by atoms with Gasteiger partial charge in [-0.2, -0.15) is 0 Å². The van der Waals surface area contributed by atoms with Gasteiger partial charge in [-0.25, -0.2) is 4.79 Å². The molecule has 3 nitrogen and oxygen atoms in total. The van der Waals surface area contributed by atoms with Gasteiger partial charge in [0.05, 0.1) is 0 Å². The van der Waals surface area contributed by atoms with E-state index >= 15 is 0 Å². The standard InChI is InChI=1S/C13H12O3S/c14-12(11-7-4-8-17-11)13(15)16-9-10-5-2-1-3-6-10/h1-8,12,14H,9H2/t12-/m1/s1. The zero-order valence-corrected chi connectivity index (χ0v) is 9.89. The normalized spacial score (nSPS) is 12.1. The summed E-state index contributed by atoms with van der Waals surface area (Å²) in [6, 6.07) is 12.9. The van der Waals surface area contributed by atoms with Crippen LogP contribution in [0.4, 0.5) is 0 Å². The number of aliphatic hydroxyl groups excluding tert-OH is 1. The largest absolute Gasteiger partial charge is 0.459 e. The summed E-state index contributed by atoms with van der Waals surface area (Å²) >= 11 is 1.33. The Labute approximate surface area is 103 Å². The zero-order chi connectivity index (χ0) is 12.1. The van der Waals surface area contributed by atoms with Crippen LogP contribution >= 0.6 is 11.3 Å².